The van der Waals surface area contributed by atoms with Crippen molar-refractivity contribution in [1.29, 1.82) is 0 Å². The van der Waals surface area contributed by atoms with Crippen molar-refractivity contribution < 1.29 is 0 Å². The molecule has 18 heavy (non-hydrogen) atoms. The first-order chi connectivity index (χ1) is 8.86. The van der Waals surface area contributed by atoms with Crippen LogP contribution < -0.4 is 5.73 Å². The van der Waals surface area contributed by atoms with Gasteiger partial charge >= 0.3 is 0 Å². The molecule has 1 atom stereocenters. The fourth-order valence-corrected chi connectivity index (χ4v) is 2.93. The molecule has 1 unspecified atom stereocenters. The van der Waals surface area contributed by atoms with E-state index in [1.807, 2.05) is 0 Å². The first kappa shape index (κ1) is 11.8. The second kappa shape index (κ2) is 5.12. The van der Waals surface area contributed by atoms with Crippen molar-refractivity contribution in [3.8, 4) is 0 Å². The van der Waals surface area contributed by atoms with Crippen molar-refractivity contribution in [1.82, 2.24) is 9.88 Å². The second-order valence-corrected chi connectivity index (χ2v) is 5.30. The van der Waals surface area contributed by atoms with E-state index in [-0.39, 0.29) is 0 Å². The van der Waals surface area contributed by atoms with Gasteiger partial charge in [-0.05, 0) is 43.5 Å². The van der Waals surface area contributed by atoms with E-state index >= 15 is 0 Å². The van der Waals surface area contributed by atoms with Gasteiger partial charge in [-0.2, -0.15) is 0 Å². The molecule has 0 spiro atoms. The molecule has 0 saturated carbocycles. The quantitative estimate of drug-likeness (QED) is 0.862. The largest absolute Gasteiger partial charge is 0.361 e. The third kappa shape index (κ3) is 2.28. The Kier molecular flexibility index (Phi) is 3.35. The first-order valence-electron chi connectivity index (χ1n) is 6.84. The van der Waals surface area contributed by atoms with Crippen LogP contribution in [0.25, 0.3) is 10.9 Å². The smallest absolute Gasteiger partial charge is 0.0456 e. The molecule has 1 aliphatic rings. The Labute approximate surface area is 108 Å². The molecule has 1 saturated heterocycles. The predicted molar refractivity (Wildman–Crippen MR) is 75.6 cm³/mol. The monoisotopic (exact) mass is 243 g/mol. The lowest BCUT2D eigenvalue weighted by molar-refractivity contribution is 0.330. The maximum atomic E-state index is 5.73. The number of likely N-dealkylation sites (tertiary alicyclic amines) is 1. The molecule has 2 heterocycles. The third-order valence-electron chi connectivity index (χ3n) is 4.08. The molecule has 0 amide bonds. The Morgan fingerprint density at radius 2 is 2.22 bits per heavy atom. The molecule has 3 heteroatoms. The molecule has 0 bridgehead atoms. The summed E-state index contributed by atoms with van der Waals surface area (Å²) in [5.74, 6) is 0.716. The predicted octanol–water partition coefficient (Wildman–Crippen LogP) is 1.99. The minimum atomic E-state index is 0.716. The Morgan fingerprint density at radius 1 is 1.33 bits per heavy atom. The van der Waals surface area contributed by atoms with Crippen molar-refractivity contribution >= 4 is 10.9 Å². The molecular weight excluding hydrogens is 222 g/mol. The molecule has 1 aromatic heterocycles. The van der Waals surface area contributed by atoms with Crippen LogP contribution in [-0.4, -0.2) is 36.1 Å². The highest BCUT2D eigenvalue weighted by molar-refractivity contribution is 5.83. The average Bonchev–Trinajstić information content (AvgIpc) is 3.03. The minimum absolute atomic E-state index is 0.716. The fraction of sp³-hybridized carbons (Fsp3) is 0.467. The maximum absolute atomic E-state index is 5.73. The van der Waals surface area contributed by atoms with Gasteiger partial charge in [0.15, 0.2) is 0 Å². The number of H-pyrrole nitrogens is 1. The second-order valence-electron chi connectivity index (χ2n) is 5.30. The van der Waals surface area contributed by atoms with Gasteiger partial charge in [-0.25, -0.2) is 0 Å². The molecule has 3 rings (SSSR count). The summed E-state index contributed by atoms with van der Waals surface area (Å²) in [4.78, 5) is 5.89. The van der Waals surface area contributed by atoms with Crippen LogP contribution in [0.3, 0.4) is 0 Å². The highest BCUT2D eigenvalue weighted by Gasteiger charge is 2.20. The van der Waals surface area contributed by atoms with Gasteiger partial charge in [0, 0.05) is 30.2 Å². The van der Waals surface area contributed by atoms with E-state index in [4.69, 9.17) is 5.73 Å². The van der Waals surface area contributed by atoms with Crippen LogP contribution in [0, 0.1) is 5.92 Å². The number of aromatic nitrogens is 1. The highest BCUT2D eigenvalue weighted by Crippen LogP contribution is 2.20. The SMILES string of the molecule is NCC1CCN(CCc2c[nH]c3ccccc23)C1. The number of para-hydroxylation sites is 1. The number of fused-ring (bicyclic) bond motifs is 1. The highest BCUT2D eigenvalue weighted by atomic mass is 15.1. The summed E-state index contributed by atoms with van der Waals surface area (Å²) < 4.78 is 0. The van der Waals surface area contributed by atoms with Crippen LogP contribution in [0.1, 0.15) is 12.0 Å². The van der Waals surface area contributed by atoms with Crippen LogP contribution >= 0.6 is 0 Å². The molecule has 96 valence electrons. The zero-order valence-corrected chi connectivity index (χ0v) is 10.7. The van der Waals surface area contributed by atoms with E-state index in [9.17, 15) is 0 Å². The number of hydrogen-bond acceptors (Lipinski definition) is 2. The summed E-state index contributed by atoms with van der Waals surface area (Å²) in [5.41, 5.74) is 8.41. The summed E-state index contributed by atoms with van der Waals surface area (Å²) in [6.07, 6.45) is 4.55. The number of hydrogen-bond donors (Lipinski definition) is 2. The lowest BCUT2D eigenvalue weighted by Crippen LogP contribution is -2.25. The Morgan fingerprint density at radius 3 is 3.06 bits per heavy atom. The molecule has 3 nitrogen and oxygen atoms in total. The summed E-state index contributed by atoms with van der Waals surface area (Å²) >= 11 is 0. The number of nitrogens with one attached hydrogen (secondary N) is 1. The standard InChI is InChI=1S/C15H21N3/c16-9-12-5-7-18(11-12)8-6-13-10-17-15-4-2-1-3-14(13)15/h1-4,10,12,17H,5-9,11,16H2. The Balaban J connectivity index is 1.63. The van der Waals surface area contributed by atoms with Gasteiger partial charge in [-0.3, -0.25) is 0 Å². The van der Waals surface area contributed by atoms with E-state index in [1.165, 1.54) is 36.0 Å². The van der Waals surface area contributed by atoms with Gasteiger partial charge in [0.05, 0.1) is 0 Å². The van der Waals surface area contributed by atoms with E-state index in [2.05, 4.69) is 40.3 Å². The maximum Gasteiger partial charge on any atom is 0.0456 e. The molecule has 0 aliphatic carbocycles. The number of aromatic amines is 1. The summed E-state index contributed by atoms with van der Waals surface area (Å²) in [5, 5.41) is 1.37. The number of nitrogens with two attached hydrogens (primary N) is 1. The Hall–Kier alpha value is -1.32. The normalized spacial score (nSPS) is 20.8. The van der Waals surface area contributed by atoms with Gasteiger partial charge in [0.25, 0.3) is 0 Å². The van der Waals surface area contributed by atoms with Crippen molar-refractivity contribution in [2.75, 3.05) is 26.2 Å². The zero-order chi connectivity index (χ0) is 12.4. The van der Waals surface area contributed by atoms with Crippen molar-refractivity contribution in [3.05, 3.63) is 36.0 Å². The van der Waals surface area contributed by atoms with Crippen LogP contribution in [0.2, 0.25) is 0 Å². The summed E-state index contributed by atoms with van der Waals surface area (Å²) in [6.45, 7) is 4.38. The van der Waals surface area contributed by atoms with Crippen molar-refractivity contribution in [2.24, 2.45) is 11.7 Å². The minimum Gasteiger partial charge on any atom is -0.361 e. The molecule has 1 fully saturated rings. The van der Waals surface area contributed by atoms with Crippen LogP contribution in [0.15, 0.2) is 30.5 Å². The van der Waals surface area contributed by atoms with Crippen molar-refractivity contribution in [2.45, 2.75) is 12.8 Å². The zero-order valence-electron chi connectivity index (χ0n) is 10.7. The van der Waals surface area contributed by atoms with E-state index in [0.29, 0.717) is 5.92 Å². The number of benzene rings is 1. The van der Waals surface area contributed by atoms with Crippen LogP contribution in [0.5, 0.6) is 0 Å². The Bertz CT molecular complexity index is 517. The molecular formula is C15H21N3. The summed E-state index contributed by atoms with van der Waals surface area (Å²) in [7, 11) is 0. The molecule has 0 radical (unpaired) electrons. The molecule has 1 aliphatic heterocycles. The van der Waals surface area contributed by atoms with Gasteiger partial charge in [-0.15, -0.1) is 0 Å². The van der Waals surface area contributed by atoms with E-state index < -0.39 is 0 Å². The van der Waals surface area contributed by atoms with Gasteiger partial charge < -0.3 is 15.6 Å². The van der Waals surface area contributed by atoms with Gasteiger partial charge in [0.2, 0.25) is 0 Å². The first-order valence-corrected chi connectivity index (χ1v) is 6.84. The lowest BCUT2D eigenvalue weighted by Gasteiger charge is -2.15. The lowest BCUT2D eigenvalue weighted by atomic mass is 10.1. The van der Waals surface area contributed by atoms with Crippen molar-refractivity contribution in [3.63, 3.8) is 0 Å². The number of rotatable bonds is 4. The summed E-state index contributed by atoms with van der Waals surface area (Å²) in [6, 6.07) is 8.53. The van der Waals surface area contributed by atoms with Gasteiger partial charge in [-0.1, -0.05) is 18.2 Å². The topological polar surface area (TPSA) is 45.0 Å². The van der Waals surface area contributed by atoms with Crippen LogP contribution in [0.4, 0.5) is 0 Å². The van der Waals surface area contributed by atoms with E-state index in [0.717, 1.165) is 19.5 Å². The average molecular weight is 243 g/mol. The molecule has 1 aromatic carbocycles. The molecule has 2 aromatic rings. The van der Waals surface area contributed by atoms with Crippen LogP contribution in [-0.2, 0) is 6.42 Å². The van der Waals surface area contributed by atoms with E-state index in [1.54, 1.807) is 0 Å². The molecule has 3 N–H and O–H groups in total. The third-order valence-corrected chi connectivity index (χ3v) is 4.08. The van der Waals surface area contributed by atoms with Gasteiger partial charge in [0.1, 0.15) is 0 Å². The fourth-order valence-electron chi connectivity index (χ4n) is 2.93. The number of nitrogens with zero attached hydrogens (tertiary/aromatic N) is 1.